The van der Waals surface area contributed by atoms with Gasteiger partial charge in [0, 0.05) is 17.4 Å². The minimum atomic E-state index is 0.0888. The van der Waals surface area contributed by atoms with E-state index in [1.165, 1.54) is 10.9 Å². The smallest absolute Gasteiger partial charge is 0.257 e. The van der Waals surface area contributed by atoms with E-state index in [9.17, 15) is 4.79 Å². The molecule has 2 aliphatic heterocycles. The molecule has 0 atom stereocenters. The van der Waals surface area contributed by atoms with Crippen molar-refractivity contribution in [2.75, 3.05) is 6.61 Å². The number of aryl methyl sites for hydroxylation is 1. The molecule has 1 N–H and O–H groups in total. The first kappa shape index (κ1) is 13.8. The van der Waals surface area contributed by atoms with Gasteiger partial charge in [0.05, 0.1) is 30.2 Å². The summed E-state index contributed by atoms with van der Waals surface area (Å²) in [5, 5.41) is 1.26. The Kier molecular flexibility index (Phi) is 2.85. The molecular formula is C20H18N2O2. The highest BCUT2D eigenvalue weighted by Gasteiger charge is 2.26. The Labute approximate surface area is 139 Å². The highest BCUT2D eigenvalue weighted by atomic mass is 16.5. The summed E-state index contributed by atoms with van der Waals surface area (Å²) in [7, 11) is 0. The lowest BCUT2D eigenvalue weighted by Crippen LogP contribution is -2.32. The minimum absolute atomic E-state index is 0.0888. The molecule has 2 aliphatic rings. The summed E-state index contributed by atoms with van der Waals surface area (Å²) < 4.78 is 7.50. The first-order valence-corrected chi connectivity index (χ1v) is 8.38. The fourth-order valence-electron chi connectivity index (χ4n) is 4.03. The van der Waals surface area contributed by atoms with E-state index in [1.54, 1.807) is 0 Å². The van der Waals surface area contributed by atoms with Crippen molar-refractivity contribution in [2.24, 2.45) is 0 Å². The lowest BCUT2D eigenvalue weighted by atomic mass is 9.94. The normalized spacial score (nSPS) is 17.6. The molecule has 2 aromatic heterocycles. The summed E-state index contributed by atoms with van der Waals surface area (Å²) in [6, 6.07) is 10.5. The van der Waals surface area contributed by atoms with Crippen LogP contribution in [-0.2, 0) is 24.3 Å². The third-order valence-electron chi connectivity index (χ3n) is 5.25. The fraction of sp³-hybridized carbons (Fsp3) is 0.250. The molecular weight excluding hydrogens is 300 g/mol. The number of aromatic nitrogens is 2. The van der Waals surface area contributed by atoms with Gasteiger partial charge in [-0.15, -0.1) is 0 Å². The molecule has 5 rings (SSSR count). The molecule has 0 bridgehead atoms. The molecule has 0 amide bonds. The average molecular weight is 318 g/mol. The Morgan fingerprint density at radius 2 is 2.08 bits per heavy atom. The zero-order valence-electron chi connectivity index (χ0n) is 13.6. The molecule has 4 heterocycles. The van der Waals surface area contributed by atoms with Crippen molar-refractivity contribution < 1.29 is 4.74 Å². The molecule has 0 unspecified atom stereocenters. The molecule has 24 heavy (non-hydrogen) atoms. The van der Waals surface area contributed by atoms with Gasteiger partial charge >= 0.3 is 0 Å². The highest BCUT2D eigenvalue weighted by molar-refractivity contribution is 5.91. The van der Waals surface area contributed by atoms with Gasteiger partial charge in [-0.05, 0) is 42.2 Å². The molecule has 0 fully saturated rings. The molecule has 4 nitrogen and oxygen atoms in total. The number of aromatic amines is 1. The lowest BCUT2D eigenvalue weighted by Gasteiger charge is -2.25. The number of hydrogen-bond acceptors (Lipinski definition) is 2. The van der Waals surface area contributed by atoms with Crippen LogP contribution in [-0.4, -0.2) is 16.2 Å². The van der Waals surface area contributed by atoms with Crippen molar-refractivity contribution in [3.63, 3.8) is 0 Å². The van der Waals surface area contributed by atoms with Gasteiger partial charge in [-0.3, -0.25) is 4.79 Å². The largest absolute Gasteiger partial charge is 0.372 e. The molecule has 120 valence electrons. The van der Waals surface area contributed by atoms with E-state index in [1.807, 2.05) is 23.6 Å². The number of nitrogens with one attached hydrogen (secondary N) is 1. The van der Waals surface area contributed by atoms with Crippen molar-refractivity contribution >= 4 is 16.5 Å². The van der Waals surface area contributed by atoms with Crippen molar-refractivity contribution in [1.29, 1.82) is 0 Å². The summed E-state index contributed by atoms with van der Waals surface area (Å²) >= 11 is 0. The van der Waals surface area contributed by atoms with Gasteiger partial charge < -0.3 is 14.3 Å². The summed E-state index contributed by atoms with van der Waals surface area (Å²) in [4.78, 5) is 16.5. The van der Waals surface area contributed by atoms with E-state index in [0.717, 1.165) is 46.6 Å². The van der Waals surface area contributed by atoms with Crippen LogP contribution in [0.5, 0.6) is 0 Å². The monoisotopic (exact) mass is 318 g/mol. The third kappa shape index (κ3) is 1.74. The molecule has 1 aromatic carbocycles. The van der Waals surface area contributed by atoms with Crippen LogP contribution in [0.25, 0.3) is 27.9 Å². The van der Waals surface area contributed by atoms with E-state index in [2.05, 4.69) is 29.2 Å². The number of hydrogen-bond donors (Lipinski definition) is 1. The van der Waals surface area contributed by atoms with E-state index in [4.69, 9.17) is 4.74 Å². The second-order valence-corrected chi connectivity index (χ2v) is 6.46. The SMILES string of the molecule is C/C=C1\COCc2c1cc1n(c2=O)CCc2c-1[nH]c1ccccc21. The van der Waals surface area contributed by atoms with Crippen LogP contribution in [0.1, 0.15) is 23.6 Å². The van der Waals surface area contributed by atoms with Gasteiger partial charge in [0.15, 0.2) is 0 Å². The lowest BCUT2D eigenvalue weighted by molar-refractivity contribution is 0.144. The van der Waals surface area contributed by atoms with Crippen molar-refractivity contribution in [3.8, 4) is 11.4 Å². The number of pyridine rings is 1. The number of nitrogens with zero attached hydrogens (tertiary/aromatic N) is 1. The topological polar surface area (TPSA) is 47.0 Å². The fourth-order valence-corrected chi connectivity index (χ4v) is 4.03. The second kappa shape index (κ2) is 4.95. The predicted molar refractivity (Wildman–Crippen MR) is 95.0 cm³/mol. The van der Waals surface area contributed by atoms with Crippen LogP contribution in [0.4, 0.5) is 0 Å². The summed E-state index contributed by atoms with van der Waals surface area (Å²) in [6.45, 7) is 3.71. The average Bonchev–Trinajstić information content (AvgIpc) is 3.01. The molecule has 0 radical (unpaired) electrons. The second-order valence-electron chi connectivity index (χ2n) is 6.46. The van der Waals surface area contributed by atoms with Gasteiger partial charge in [-0.25, -0.2) is 0 Å². The number of H-pyrrole nitrogens is 1. The summed E-state index contributed by atoms with van der Waals surface area (Å²) in [5.41, 5.74) is 7.56. The number of benzene rings is 1. The zero-order valence-corrected chi connectivity index (χ0v) is 13.6. The molecule has 0 saturated carbocycles. The Balaban J connectivity index is 1.85. The van der Waals surface area contributed by atoms with Gasteiger partial charge in [0.1, 0.15) is 0 Å². The summed E-state index contributed by atoms with van der Waals surface area (Å²) in [5.74, 6) is 0. The third-order valence-corrected chi connectivity index (χ3v) is 5.25. The van der Waals surface area contributed by atoms with E-state index in [0.29, 0.717) is 13.2 Å². The van der Waals surface area contributed by atoms with Gasteiger partial charge in [0.25, 0.3) is 5.56 Å². The number of rotatable bonds is 0. The Morgan fingerprint density at radius 3 is 2.96 bits per heavy atom. The van der Waals surface area contributed by atoms with Crippen molar-refractivity contribution in [3.05, 3.63) is 63.5 Å². The van der Waals surface area contributed by atoms with Crippen molar-refractivity contribution in [1.82, 2.24) is 9.55 Å². The van der Waals surface area contributed by atoms with Crippen LogP contribution >= 0.6 is 0 Å². The Morgan fingerprint density at radius 1 is 1.21 bits per heavy atom. The van der Waals surface area contributed by atoms with Crippen LogP contribution in [0.2, 0.25) is 0 Å². The first-order chi connectivity index (χ1) is 11.8. The Bertz CT molecular complexity index is 1070. The molecule has 0 aliphatic carbocycles. The van der Waals surface area contributed by atoms with E-state index in [-0.39, 0.29) is 5.56 Å². The number of allylic oxidation sites excluding steroid dienone is 1. The summed E-state index contributed by atoms with van der Waals surface area (Å²) in [6.07, 6.45) is 2.92. The maximum absolute atomic E-state index is 13.0. The van der Waals surface area contributed by atoms with Gasteiger partial charge in [0.2, 0.25) is 0 Å². The predicted octanol–water partition coefficient (Wildman–Crippen LogP) is 3.49. The standard InChI is InChI=1S/C20H18N2O2/c1-2-12-10-24-11-16-15(12)9-18-19-14(7-8-22(18)20(16)23)13-5-3-4-6-17(13)21-19/h2-6,9,21H,7-8,10-11H2,1H3/b12-2+. The minimum Gasteiger partial charge on any atom is -0.372 e. The molecule has 0 saturated heterocycles. The van der Waals surface area contributed by atoms with Crippen LogP contribution in [0.3, 0.4) is 0 Å². The first-order valence-electron chi connectivity index (χ1n) is 8.38. The Hall–Kier alpha value is -2.59. The maximum atomic E-state index is 13.0. The van der Waals surface area contributed by atoms with Gasteiger partial charge in [-0.2, -0.15) is 0 Å². The van der Waals surface area contributed by atoms with Crippen LogP contribution < -0.4 is 5.56 Å². The quantitative estimate of drug-likeness (QED) is 0.690. The highest BCUT2D eigenvalue weighted by Crippen LogP contribution is 2.36. The van der Waals surface area contributed by atoms with Crippen LogP contribution in [0.15, 0.2) is 41.2 Å². The van der Waals surface area contributed by atoms with Crippen molar-refractivity contribution in [2.45, 2.75) is 26.5 Å². The number of ether oxygens (including phenoxy) is 1. The number of fused-ring (bicyclic) bond motifs is 6. The van der Waals surface area contributed by atoms with Crippen LogP contribution in [0, 0.1) is 0 Å². The number of para-hydroxylation sites is 1. The van der Waals surface area contributed by atoms with E-state index < -0.39 is 0 Å². The molecule has 4 heteroatoms. The van der Waals surface area contributed by atoms with Gasteiger partial charge in [-0.1, -0.05) is 24.3 Å². The molecule has 0 spiro atoms. The zero-order chi connectivity index (χ0) is 16.3. The molecule has 3 aromatic rings. The van der Waals surface area contributed by atoms with E-state index >= 15 is 0 Å². The maximum Gasteiger partial charge on any atom is 0.257 e.